The highest BCUT2D eigenvalue weighted by Gasteiger charge is 2.26. The Bertz CT molecular complexity index is 2030. The van der Waals surface area contributed by atoms with Crippen LogP contribution in [-0.4, -0.2) is 90.9 Å². The number of aromatic nitrogens is 2. The van der Waals surface area contributed by atoms with Gasteiger partial charge in [-0.15, -0.1) is 0 Å². The van der Waals surface area contributed by atoms with Crippen molar-refractivity contribution in [2.24, 2.45) is 0 Å². The number of sulfonamides is 1. The molecule has 286 valence electrons. The molecular formula is C39H49N9O5S. The summed E-state index contributed by atoms with van der Waals surface area (Å²) >= 11 is 0. The number of amides is 2. The van der Waals surface area contributed by atoms with Gasteiger partial charge in [0.1, 0.15) is 24.2 Å². The molecule has 54 heavy (non-hydrogen) atoms. The molecule has 3 aromatic carbocycles. The van der Waals surface area contributed by atoms with Crippen LogP contribution in [0.15, 0.2) is 83.9 Å². The Morgan fingerprint density at radius 2 is 1.59 bits per heavy atom. The molecule has 0 radical (unpaired) electrons. The molecule has 0 bridgehead atoms. The second kappa shape index (κ2) is 16.9. The molecule has 1 unspecified atom stereocenters. The molecule has 2 aliphatic heterocycles. The van der Waals surface area contributed by atoms with E-state index in [0.717, 1.165) is 62.0 Å². The number of aryl methyl sites for hydroxylation is 1. The molecule has 1 aromatic heterocycles. The second-order valence-corrected chi connectivity index (χ2v) is 16.4. The van der Waals surface area contributed by atoms with Crippen molar-refractivity contribution in [1.29, 1.82) is 0 Å². The number of rotatable bonds is 14. The minimum absolute atomic E-state index is 0.163. The van der Waals surface area contributed by atoms with Crippen molar-refractivity contribution in [2.75, 3.05) is 55.3 Å². The predicted molar refractivity (Wildman–Crippen MR) is 210 cm³/mol. The minimum Gasteiger partial charge on any atom is -0.492 e. The topological polar surface area (TPSA) is 170 Å². The van der Waals surface area contributed by atoms with Gasteiger partial charge in [0.05, 0.1) is 4.90 Å². The molecule has 2 amide bonds. The molecule has 0 saturated carbocycles. The van der Waals surface area contributed by atoms with Crippen LogP contribution >= 0.6 is 0 Å². The van der Waals surface area contributed by atoms with Crippen molar-refractivity contribution in [2.45, 2.75) is 63.6 Å². The number of hydrogen-bond acceptors (Lipinski definition) is 12. The van der Waals surface area contributed by atoms with Gasteiger partial charge >= 0.3 is 0 Å². The van der Waals surface area contributed by atoms with Gasteiger partial charge in [-0.05, 0) is 94.3 Å². The van der Waals surface area contributed by atoms with E-state index in [9.17, 15) is 18.0 Å². The van der Waals surface area contributed by atoms with Gasteiger partial charge in [0.2, 0.25) is 27.8 Å². The van der Waals surface area contributed by atoms with Crippen LogP contribution in [0.1, 0.15) is 44.7 Å². The molecule has 2 saturated heterocycles. The first-order valence-corrected chi connectivity index (χ1v) is 19.6. The summed E-state index contributed by atoms with van der Waals surface area (Å²) in [6, 6.07) is 22.1. The quantitative estimate of drug-likeness (QED) is 0.112. The lowest BCUT2D eigenvalue weighted by Crippen LogP contribution is -2.47. The number of imide groups is 1. The smallest absolute Gasteiger partial charge is 0.249 e. The summed E-state index contributed by atoms with van der Waals surface area (Å²) < 4.78 is 34.4. The van der Waals surface area contributed by atoms with E-state index in [-0.39, 0.29) is 22.8 Å². The van der Waals surface area contributed by atoms with E-state index in [4.69, 9.17) is 4.74 Å². The first-order chi connectivity index (χ1) is 25.8. The van der Waals surface area contributed by atoms with Gasteiger partial charge in [-0.3, -0.25) is 24.7 Å². The molecule has 14 nitrogen and oxygen atoms in total. The lowest BCUT2D eigenvalue weighted by Gasteiger charge is -2.34. The highest BCUT2D eigenvalue weighted by Crippen LogP contribution is 2.25. The van der Waals surface area contributed by atoms with Gasteiger partial charge < -0.3 is 20.7 Å². The average molecular weight is 756 g/mol. The van der Waals surface area contributed by atoms with E-state index >= 15 is 0 Å². The van der Waals surface area contributed by atoms with Crippen LogP contribution in [0.25, 0.3) is 0 Å². The van der Waals surface area contributed by atoms with Crippen LogP contribution in [0.3, 0.4) is 0 Å². The molecule has 5 N–H and O–H groups in total. The van der Waals surface area contributed by atoms with Gasteiger partial charge in [0.25, 0.3) is 0 Å². The first-order valence-electron chi connectivity index (χ1n) is 18.2. The number of piperidine rings is 1. The number of piperazine rings is 1. The zero-order valence-corrected chi connectivity index (χ0v) is 32.0. The van der Waals surface area contributed by atoms with Gasteiger partial charge in [-0.1, -0.05) is 18.2 Å². The average Bonchev–Trinajstić information content (AvgIpc) is 3.12. The number of carbonyl (C=O) groups is 2. The van der Waals surface area contributed by atoms with Crippen molar-refractivity contribution < 1.29 is 22.7 Å². The molecule has 15 heteroatoms. The number of benzene rings is 3. The molecule has 0 spiro atoms. The van der Waals surface area contributed by atoms with Crippen LogP contribution in [0.2, 0.25) is 0 Å². The Balaban J connectivity index is 0.920. The molecule has 1 atom stereocenters. The van der Waals surface area contributed by atoms with Crippen LogP contribution in [0.4, 0.5) is 28.8 Å². The summed E-state index contributed by atoms with van der Waals surface area (Å²) in [5.74, 6) is 1.25. The third-order valence-electron chi connectivity index (χ3n) is 9.01. The molecular weight excluding hydrogens is 707 g/mol. The van der Waals surface area contributed by atoms with Gasteiger partial charge in [0, 0.05) is 80.1 Å². The Morgan fingerprint density at radius 3 is 2.30 bits per heavy atom. The van der Waals surface area contributed by atoms with Crippen molar-refractivity contribution in [3.05, 3.63) is 90.1 Å². The van der Waals surface area contributed by atoms with Gasteiger partial charge in [-0.2, -0.15) is 4.98 Å². The number of hydrogen-bond donors (Lipinski definition) is 5. The van der Waals surface area contributed by atoms with Crippen LogP contribution < -0.4 is 30.7 Å². The fourth-order valence-electron chi connectivity index (χ4n) is 6.19. The fourth-order valence-corrected chi connectivity index (χ4v) is 7.66. The summed E-state index contributed by atoms with van der Waals surface area (Å²) in [6.07, 6.45) is 2.56. The number of nitrogens with zero attached hydrogens (tertiary/aromatic N) is 4. The number of carbonyl (C=O) groups excluding carboxylic acids is 2. The highest BCUT2D eigenvalue weighted by molar-refractivity contribution is 7.89. The SMILES string of the molecule is Cc1cnc(Nc2ccc(OCCN3CCN(Cc4ccc(NC5CCC(=O)NC5=O)cc4)CC3)cc2)nc1Nc1cccc(S(=O)(=O)NC(C)(C)C)c1. The summed E-state index contributed by atoms with van der Waals surface area (Å²) in [5.41, 5.74) is 3.68. The molecule has 2 fully saturated rings. The molecule has 3 heterocycles. The Hall–Kier alpha value is -5.09. The normalized spacial score (nSPS) is 17.1. The maximum Gasteiger partial charge on any atom is 0.249 e. The maximum atomic E-state index is 12.9. The third kappa shape index (κ3) is 11.0. The van der Waals surface area contributed by atoms with Crippen molar-refractivity contribution in [3.8, 4) is 5.75 Å². The number of nitrogens with one attached hydrogen (secondary N) is 5. The lowest BCUT2D eigenvalue weighted by atomic mass is 10.1. The summed E-state index contributed by atoms with van der Waals surface area (Å²) in [6.45, 7) is 13.4. The van der Waals surface area contributed by atoms with Crippen LogP contribution in [0.5, 0.6) is 5.75 Å². The second-order valence-electron chi connectivity index (χ2n) is 14.7. The van der Waals surface area contributed by atoms with Crippen molar-refractivity contribution in [3.63, 3.8) is 0 Å². The van der Waals surface area contributed by atoms with E-state index < -0.39 is 15.6 Å². The molecule has 2 aliphatic rings. The van der Waals surface area contributed by atoms with Gasteiger partial charge in [-0.25, -0.2) is 18.1 Å². The number of ether oxygens (including phenoxy) is 1. The van der Waals surface area contributed by atoms with E-state index in [2.05, 4.69) is 57.9 Å². The molecule has 6 rings (SSSR count). The summed E-state index contributed by atoms with van der Waals surface area (Å²) in [5, 5.41) is 12.1. The van der Waals surface area contributed by atoms with Crippen LogP contribution in [-0.2, 0) is 26.2 Å². The predicted octanol–water partition coefficient (Wildman–Crippen LogP) is 4.76. The Kier molecular flexibility index (Phi) is 12.1. The third-order valence-corrected chi connectivity index (χ3v) is 10.8. The summed E-state index contributed by atoms with van der Waals surface area (Å²) in [4.78, 5) is 37.5. The largest absolute Gasteiger partial charge is 0.492 e. The van der Waals surface area contributed by atoms with E-state index in [1.807, 2.05) is 43.3 Å². The van der Waals surface area contributed by atoms with Crippen molar-refractivity contribution >= 4 is 50.7 Å². The molecule has 4 aromatic rings. The summed E-state index contributed by atoms with van der Waals surface area (Å²) in [7, 11) is -3.69. The maximum absolute atomic E-state index is 12.9. The molecule has 0 aliphatic carbocycles. The van der Waals surface area contributed by atoms with Crippen molar-refractivity contribution in [1.82, 2.24) is 29.8 Å². The first kappa shape index (κ1) is 38.6. The standard InChI is InChI=1S/C39H49N9O5S/c1-27-25-40-38(45-36(27)42-31-6-5-7-33(24-31)54(51,52)46-39(2,3)4)43-30-12-14-32(15-13-30)53-23-22-47-18-20-48(21-19-47)26-28-8-10-29(11-9-28)41-34-16-17-35(49)44-37(34)50/h5-15,24-25,34,41,46H,16-23,26H2,1-4H3,(H,44,49,50)(H2,40,42,43,45). The monoisotopic (exact) mass is 755 g/mol. The van der Waals surface area contributed by atoms with E-state index in [1.165, 1.54) is 5.56 Å². The Morgan fingerprint density at radius 1 is 0.889 bits per heavy atom. The van der Waals surface area contributed by atoms with E-state index in [0.29, 0.717) is 36.9 Å². The van der Waals surface area contributed by atoms with E-state index in [1.54, 1.807) is 51.2 Å². The fraction of sp³-hybridized carbons (Fsp3) is 0.385. The number of anilines is 5. The minimum atomic E-state index is -3.69. The lowest BCUT2D eigenvalue weighted by molar-refractivity contribution is -0.133. The zero-order chi connectivity index (χ0) is 38.3. The van der Waals surface area contributed by atoms with Crippen LogP contribution in [0, 0.1) is 6.92 Å². The van der Waals surface area contributed by atoms with Gasteiger partial charge in [0.15, 0.2) is 0 Å². The Labute approximate surface area is 317 Å². The zero-order valence-electron chi connectivity index (χ0n) is 31.2. The highest BCUT2D eigenvalue weighted by atomic mass is 32.2.